The van der Waals surface area contributed by atoms with Gasteiger partial charge in [0.1, 0.15) is 0 Å². The average Bonchev–Trinajstić information content (AvgIpc) is 3.41. The monoisotopic (exact) mass is 438 g/mol. The van der Waals surface area contributed by atoms with Crippen molar-refractivity contribution in [3.8, 4) is 11.6 Å². The molecule has 2 heterocycles. The fraction of sp³-hybridized carbons (Fsp3) is 0.136. The first kappa shape index (κ1) is 20.3. The minimum atomic E-state index is -0.140. The predicted molar refractivity (Wildman–Crippen MR) is 119 cm³/mol. The second kappa shape index (κ2) is 9.19. The molecule has 0 aliphatic rings. The number of anilines is 1. The van der Waals surface area contributed by atoms with Crippen LogP contribution in [0.5, 0.6) is 0 Å². The van der Waals surface area contributed by atoms with Gasteiger partial charge in [0.2, 0.25) is 11.7 Å². The van der Waals surface area contributed by atoms with Gasteiger partial charge in [-0.2, -0.15) is 0 Å². The molecule has 1 N–H and O–H groups in total. The Labute approximate surface area is 183 Å². The Morgan fingerprint density at radius 2 is 1.93 bits per heavy atom. The molecule has 0 atom stereocenters. The minimum absolute atomic E-state index is 0.140. The number of benzene rings is 2. The van der Waals surface area contributed by atoms with E-state index >= 15 is 0 Å². The summed E-state index contributed by atoms with van der Waals surface area (Å²) in [5.41, 5.74) is 2.64. The van der Waals surface area contributed by atoms with E-state index in [9.17, 15) is 4.79 Å². The number of halogens is 1. The van der Waals surface area contributed by atoms with Crippen LogP contribution < -0.4 is 5.32 Å². The molecule has 2 aromatic carbocycles. The van der Waals surface area contributed by atoms with Gasteiger partial charge in [-0.1, -0.05) is 59.8 Å². The summed E-state index contributed by atoms with van der Waals surface area (Å²) in [5, 5.41) is 12.7. The van der Waals surface area contributed by atoms with Gasteiger partial charge in [-0.25, -0.2) is 0 Å². The first-order valence-electron chi connectivity index (χ1n) is 9.30. The molecule has 0 aliphatic carbocycles. The average molecular weight is 439 g/mol. The summed E-state index contributed by atoms with van der Waals surface area (Å²) in [6.07, 6.45) is 1.60. The first-order chi connectivity index (χ1) is 14.6. The summed E-state index contributed by atoms with van der Waals surface area (Å²) in [6.45, 7) is 2.44. The van der Waals surface area contributed by atoms with Crippen molar-refractivity contribution in [1.82, 2.24) is 14.8 Å². The maximum atomic E-state index is 12.5. The quantitative estimate of drug-likeness (QED) is 0.397. The van der Waals surface area contributed by atoms with Gasteiger partial charge >= 0.3 is 0 Å². The Morgan fingerprint density at radius 3 is 2.70 bits per heavy atom. The smallest absolute Gasteiger partial charge is 0.234 e. The Morgan fingerprint density at radius 1 is 1.10 bits per heavy atom. The molecule has 4 rings (SSSR count). The lowest BCUT2D eigenvalue weighted by Gasteiger charge is -2.11. The molecule has 2 aromatic heterocycles. The highest BCUT2D eigenvalue weighted by molar-refractivity contribution is 7.99. The zero-order valence-electron chi connectivity index (χ0n) is 16.2. The molecule has 0 saturated carbocycles. The maximum Gasteiger partial charge on any atom is 0.234 e. The number of carbonyl (C=O) groups is 1. The predicted octanol–water partition coefficient (Wildman–Crippen LogP) is 5.28. The van der Waals surface area contributed by atoms with E-state index in [1.165, 1.54) is 11.8 Å². The van der Waals surface area contributed by atoms with E-state index in [1.807, 2.05) is 66.1 Å². The lowest BCUT2D eigenvalue weighted by Crippen LogP contribution is -2.15. The zero-order valence-corrected chi connectivity index (χ0v) is 17.8. The molecular formula is C22H19ClN4O2S. The molecule has 0 fully saturated rings. The van der Waals surface area contributed by atoms with Crippen molar-refractivity contribution in [3.63, 3.8) is 0 Å². The highest BCUT2D eigenvalue weighted by Crippen LogP contribution is 2.27. The number of carbonyl (C=O) groups excluding carboxylic acids is 1. The fourth-order valence-electron chi connectivity index (χ4n) is 2.95. The van der Waals surface area contributed by atoms with E-state index in [0.29, 0.717) is 34.0 Å². The SMILES string of the molecule is Cc1c(Cl)cccc1NC(=O)CSc1nnc(-c2ccco2)n1Cc1ccccc1. The lowest BCUT2D eigenvalue weighted by atomic mass is 10.2. The Hall–Kier alpha value is -3.03. The van der Waals surface area contributed by atoms with Gasteiger partial charge < -0.3 is 9.73 Å². The van der Waals surface area contributed by atoms with Crippen molar-refractivity contribution in [1.29, 1.82) is 0 Å². The van der Waals surface area contributed by atoms with Crippen LogP contribution in [0.25, 0.3) is 11.6 Å². The van der Waals surface area contributed by atoms with Crippen LogP contribution in [0.2, 0.25) is 5.02 Å². The van der Waals surface area contributed by atoms with Crippen molar-refractivity contribution >= 4 is 35.0 Å². The number of nitrogens with zero attached hydrogens (tertiary/aromatic N) is 3. The summed E-state index contributed by atoms with van der Waals surface area (Å²) in [4.78, 5) is 12.5. The topological polar surface area (TPSA) is 73.0 Å². The molecule has 0 saturated heterocycles. The van der Waals surface area contributed by atoms with Gasteiger partial charge in [-0.05, 0) is 42.3 Å². The van der Waals surface area contributed by atoms with Crippen LogP contribution in [0.15, 0.2) is 76.5 Å². The maximum absolute atomic E-state index is 12.5. The third-order valence-corrected chi connectivity index (χ3v) is 5.89. The molecule has 0 spiro atoms. The van der Waals surface area contributed by atoms with E-state index < -0.39 is 0 Å². The molecule has 8 heteroatoms. The lowest BCUT2D eigenvalue weighted by molar-refractivity contribution is -0.113. The van der Waals surface area contributed by atoms with E-state index in [1.54, 1.807) is 12.3 Å². The molecule has 0 aliphatic heterocycles. The second-order valence-corrected chi connectivity index (χ2v) is 7.95. The highest BCUT2D eigenvalue weighted by atomic mass is 35.5. The van der Waals surface area contributed by atoms with Crippen molar-refractivity contribution in [2.45, 2.75) is 18.6 Å². The van der Waals surface area contributed by atoms with Crippen molar-refractivity contribution in [3.05, 3.63) is 83.1 Å². The Kier molecular flexibility index (Phi) is 6.21. The van der Waals surface area contributed by atoms with Crippen LogP contribution in [-0.2, 0) is 11.3 Å². The Balaban J connectivity index is 1.52. The Bertz CT molecular complexity index is 1140. The summed E-state index contributed by atoms with van der Waals surface area (Å²) >= 11 is 7.46. The number of hydrogen-bond donors (Lipinski definition) is 1. The highest BCUT2D eigenvalue weighted by Gasteiger charge is 2.18. The van der Waals surface area contributed by atoms with Crippen LogP contribution in [0.1, 0.15) is 11.1 Å². The third-order valence-electron chi connectivity index (χ3n) is 4.52. The summed E-state index contributed by atoms with van der Waals surface area (Å²) in [5.74, 6) is 1.30. The van der Waals surface area contributed by atoms with Gasteiger partial charge in [0.25, 0.3) is 0 Å². The first-order valence-corrected chi connectivity index (χ1v) is 10.7. The van der Waals surface area contributed by atoms with Crippen molar-refractivity contribution < 1.29 is 9.21 Å². The molecule has 152 valence electrons. The molecule has 0 bridgehead atoms. The van der Waals surface area contributed by atoms with Crippen LogP contribution in [0, 0.1) is 6.92 Å². The molecule has 6 nitrogen and oxygen atoms in total. The largest absolute Gasteiger partial charge is 0.461 e. The minimum Gasteiger partial charge on any atom is -0.461 e. The van der Waals surface area contributed by atoms with E-state index in [2.05, 4.69) is 15.5 Å². The molecule has 4 aromatic rings. The number of amides is 1. The fourth-order valence-corrected chi connectivity index (χ4v) is 3.86. The molecule has 1 amide bonds. The van der Waals surface area contributed by atoms with Gasteiger partial charge in [-0.15, -0.1) is 10.2 Å². The van der Waals surface area contributed by atoms with Crippen molar-refractivity contribution in [2.75, 3.05) is 11.1 Å². The number of hydrogen-bond acceptors (Lipinski definition) is 5. The number of thioether (sulfide) groups is 1. The molecular weight excluding hydrogens is 420 g/mol. The molecule has 0 radical (unpaired) electrons. The van der Waals surface area contributed by atoms with E-state index in [0.717, 1.165) is 11.1 Å². The van der Waals surface area contributed by atoms with Crippen molar-refractivity contribution in [2.24, 2.45) is 0 Å². The van der Waals surface area contributed by atoms with Crippen LogP contribution in [0.3, 0.4) is 0 Å². The standard InChI is InChI=1S/C22H19ClN4O2S/c1-15-17(23)9-5-10-18(15)24-20(28)14-30-22-26-25-21(19-11-6-12-29-19)27(22)13-16-7-3-2-4-8-16/h2-12H,13-14H2,1H3,(H,24,28). The third kappa shape index (κ3) is 4.58. The van der Waals surface area contributed by atoms with Crippen LogP contribution in [-0.4, -0.2) is 26.4 Å². The number of rotatable bonds is 7. The molecule has 0 unspecified atom stereocenters. The van der Waals surface area contributed by atoms with E-state index in [4.69, 9.17) is 16.0 Å². The zero-order chi connectivity index (χ0) is 20.9. The van der Waals surface area contributed by atoms with Gasteiger partial charge in [0, 0.05) is 10.7 Å². The van der Waals surface area contributed by atoms with Crippen LogP contribution >= 0.6 is 23.4 Å². The second-order valence-electron chi connectivity index (χ2n) is 6.60. The van der Waals surface area contributed by atoms with Crippen LogP contribution in [0.4, 0.5) is 5.69 Å². The summed E-state index contributed by atoms with van der Waals surface area (Å²) < 4.78 is 7.47. The number of furan rings is 1. The summed E-state index contributed by atoms with van der Waals surface area (Å²) in [7, 11) is 0. The number of nitrogens with one attached hydrogen (secondary N) is 1. The van der Waals surface area contributed by atoms with Gasteiger partial charge in [-0.3, -0.25) is 9.36 Å². The van der Waals surface area contributed by atoms with Gasteiger partial charge in [0.05, 0.1) is 18.6 Å². The van der Waals surface area contributed by atoms with E-state index in [-0.39, 0.29) is 11.7 Å². The molecule has 30 heavy (non-hydrogen) atoms. The van der Waals surface area contributed by atoms with Gasteiger partial charge in [0.15, 0.2) is 10.9 Å². The normalized spacial score (nSPS) is 10.9. The summed E-state index contributed by atoms with van der Waals surface area (Å²) in [6, 6.07) is 19.1. The number of aromatic nitrogens is 3.